The number of benzene rings is 2. The SMILES string of the molecule is Cc1cc(C)cc(OCC(=O)NNC(=O)CCCCCCCC(=O)NNC(=O)COc2cc(C)cc(C)c2)c1. The predicted octanol–water partition coefficient (Wildman–Crippen LogP) is 3.40. The Morgan fingerprint density at radius 2 is 0.795 bits per heavy atom. The van der Waals surface area contributed by atoms with E-state index in [9.17, 15) is 19.2 Å². The third-order valence-corrected chi connectivity index (χ3v) is 5.62. The number of carbonyl (C=O) groups is 4. The van der Waals surface area contributed by atoms with Crippen LogP contribution in [0.2, 0.25) is 0 Å². The number of ether oxygens (including phenoxy) is 2. The van der Waals surface area contributed by atoms with E-state index < -0.39 is 11.8 Å². The second-order valence-electron chi connectivity index (χ2n) is 9.68. The summed E-state index contributed by atoms with van der Waals surface area (Å²) >= 11 is 0. The van der Waals surface area contributed by atoms with Crippen molar-refractivity contribution in [3.05, 3.63) is 58.7 Å². The topological polar surface area (TPSA) is 135 Å². The van der Waals surface area contributed by atoms with Crippen molar-refractivity contribution in [1.29, 1.82) is 0 Å². The Morgan fingerprint density at radius 3 is 1.15 bits per heavy atom. The van der Waals surface area contributed by atoms with Gasteiger partial charge in [0.25, 0.3) is 11.8 Å². The summed E-state index contributed by atoms with van der Waals surface area (Å²) in [5.41, 5.74) is 13.7. The first-order valence-corrected chi connectivity index (χ1v) is 13.2. The molecule has 4 N–H and O–H groups in total. The normalized spacial score (nSPS) is 10.4. The number of hydrazine groups is 2. The Morgan fingerprint density at radius 1 is 0.487 bits per heavy atom. The number of nitrogens with one attached hydrogen (secondary N) is 4. The molecule has 39 heavy (non-hydrogen) atoms. The van der Waals surface area contributed by atoms with Gasteiger partial charge in [-0.1, -0.05) is 31.4 Å². The van der Waals surface area contributed by atoms with Gasteiger partial charge in [0.15, 0.2) is 13.2 Å². The minimum absolute atomic E-state index is 0.193. The molecule has 0 aliphatic heterocycles. The zero-order valence-electron chi connectivity index (χ0n) is 23.3. The summed E-state index contributed by atoms with van der Waals surface area (Å²) in [7, 11) is 0. The molecule has 0 saturated heterocycles. The van der Waals surface area contributed by atoms with Crippen molar-refractivity contribution >= 4 is 23.6 Å². The van der Waals surface area contributed by atoms with E-state index in [1.54, 1.807) is 0 Å². The molecule has 0 aliphatic rings. The molecule has 2 aromatic rings. The minimum Gasteiger partial charge on any atom is -0.484 e. The second kappa shape index (κ2) is 16.7. The highest BCUT2D eigenvalue weighted by Gasteiger charge is 2.08. The maximum absolute atomic E-state index is 11.9. The maximum atomic E-state index is 11.9. The third-order valence-electron chi connectivity index (χ3n) is 5.62. The van der Waals surface area contributed by atoms with E-state index in [4.69, 9.17) is 9.47 Å². The van der Waals surface area contributed by atoms with Gasteiger partial charge in [-0.3, -0.25) is 40.9 Å². The molecule has 2 aromatic carbocycles. The Balaban J connectivity index is 1.44. The van der Waals surface area contributed by atoms with E-state index in [0.717, 1.165) is 41.5 Å². The first-order valence-electron chi connectivity index (χ1n) is 13.2. The van der Waals surface area contributed by atoms with Gasteiger partial charge in [-0.15, -0.1) is 0 Å². The molecule has 0 atom stereocenters. The number of carbonyl (C=O) groups excluding carboxylic acids is 4. The molecule has 0 bridgehead atoms. The van der Waals surface area contributed by atoms with Crippen molar-refractivity contribution in [3.63, 3.8) is 0 Å². The lowest BCUT2D eigenvalue weighted by molar-refractivity contribution is -0.130. The van der Waals surface area contributed by atoms with Crippen LogP contribution in [-0.4, -0.2) is 36.8 Å². The molecule has 0 radical (unpaired) electrons. The van der Waals surface area contributed by atoms with Gasteiger partial charge in [0.05, 0.1) is 0 Å². The van der Waals surface area contributed by atoms with Crippen molar-refractivity contribution in [2.24, 2.45) is 0 Å². The second-order valence-corrected chi connectivity index (χ2v) is 9.68. The van der Waals surface area contributed by atoms with Gasteiger partial charge in [0.2, 0.25) is 11.8 Å². The van der Waals surface area contributed by atoms with Crippen LogP contribution in [0.5, 0.6) is 11.5 Å². The molecule has 4 amide bonds. The number of aryl methyl sites for hydroxylation is 4. The molecule has 2 rings (SSSR count). The first-order chi connectivity index (χ1) is 18.6. The van der Waals surface area contributed by atoms with E-state index >= 15 is 0 Å². The fourth-order valence-electron chi connectivity index (χ4n) is 3.91. The van der Waals surface area contributed by atoms with Crippen molar-refractivity contribution in [2.45, 2.75) is 72.6 Å². The Hall–Kier alpha value is -4.08. The average Bonchev–Trinajstić information content (AvgIpc) is 2.86. The van der Waals surface area contributed by atoms with E-state index in [-0.39, 0.29) is 37.9 Å². The number of unbranched alkanes of at least 4 members (excludes halogenated alkanes) is 4. The van der Waals surface area contributed by atoms with Crippen LogP contribution >= 0.6 is 0 Å². The molecule has 0 unspecified atom stereocenters. The van der Waals surface area contributed by atoms with Gasteiger partial charge < -0.3 is 9.47 Å². The Labute approximate surface area is 230 Å². The number of amides is 4. The molecule has 0 spiro atoms. The van der Waals surface area contributed by atoms with Crippen LogP contribution in [0.25, 0.3) is 0 Å². The predicted molar refractivity (Wildman–Crippen MR) is 148 cm³/mol. The summed E-state index contributed by atoms with van der Waals surface area (Å²) in [5.74, 6) is -0.209. The summed E-state index contributed by atoms with van der Waals surface area (Å²) < 4.78 is 10.9. The van der Waals surface area contributed by atoms with Crippen LogP contribution in [-0.2, 0) is 19.2 Å². The molecule has 0 heterocycles. The lowest BCUT2D eigenvalue weighted by atomic mass is 10.1. The Kier molecular flexibility index (Phi) is 13.3. The highest BCUT2D eigenvalue weighted by Crippen LogP contribution is 2.17. The van der Waals surface area contributed by atoms with Crippen LogP contribution in [0, 0.1) is 27.7 Å². The van der Waals surface area contributed by atoms with E-state index in [1.807, 2.05) is 64.1 Å². The van der Waals surface area contributed by atoms with Crippen LogP contribution in [0.3, 0.4) is 0 Å². The van der Waals surface area contributed by atoms with Crippen molar-refractivity contribution in [3.8, 4) is 11.5 Å². The molecule has 10 nitrogen and oxygen atoms in total. The lowest BCUT2D eigenvalue weighted by Crippen LogP contribution is -2.43. The zero-order valence-corrected chi connectivity index (χ0v) is 23.3. The van der Waals surface area contributed by atoms with Crippen LogP contribution in [0.15, 0.2) is 36.4 Å². The largest absolute Gasteiger partial charge is 0.484 e. The summed E-state index contributed by atoms with van der Waals surface area (Å²) in [5, 5.41) is 0. The minimum atomic E-state index is -0.439. The standard InChI is InChI=1S/C29H40N4O6/c1-20-12-21(2)15-24(14-20)38-18-28(36)32-30-26(34)10-8-6-5-7-9-11-27(35)31-33-29(37)19-39-25-16-22(3)13-23(4)17-25/h12-17H,5-11,18-19H2,1-4H3,(H,30,34)(H,31,35)(H,32,36)(H,33,37). The summed E-state index contributed by atoms with van der Waals surface area (Å²) in [4.78, 5) is 47.6. The maximum Gasteiger partial charge on any atom is 0.276 e. The number of rotatable bonds is 14. The smallest absolute Gasteiger partial charge is 0.276 e. The summed E-state index contributed by atoms with van der Waals surface area (Å²) in [6, 6.07) is 11.4. The van der Waals surface area contributed by atoms with Gasteiger partial charge in [-0.2, -0.15) is 0 Å². The van der Waals surface area contributed by atoms with Gasteiger partial charge in [0.1, 0.15) is 11.5 Å². The molecule has 0 fully saturated rings. The van der Waals surface area contributed by atoms with Crippen molar-refractivity contribution in [1.82, 2.24) is 21.7 Å². The van der Waals surface area contributed by atoms with Crippen LogP contribution in [0.4, 0.5) is 0 Å². The van der Waals surface area contributed by atoms with Gasteiger partial charge in [0, 0.05) is 12.8 Å². The van der Waals surface area contributed by atoms with Crippen molar-refractivity contribution < 1.29 is 28.7 Å². The molecular formula is C29H40N4O6. The fourth-order valence-corrected chi connectivity index (χ4v) is 3.91. The number of hydrogen-bond donors (Lipinski definition) is 4. The van der Waals surface area contributed by atoms with E-state index in [0.29, 0.717) is 24.3 Å². The van der Waals surface area contributed by atoms with Gasteiger partial charge >= 0.3 is 0 Å². The van der Waals surface area contributed by atoms with Gasteiger partial charge in [-0.05, 0) is 87.1 Å². The summed E-state index contributed by atoms with van der Waals surface area (Å²) in [6.45, 7) is 7.41. The highest BCUT2D eigenvalue weighted by molar-refractivity contribution is 5.83. The van der Waals surface area contributed by atoms with Crippen LogP contribution in [0.1, 0.15) is 67.2 Å². The monoisotopic (exact) mass is 540 g/mol. The van der Waals surface area contributed by atoms with E-state index in [1.165, 1.54) is 0 Å². The quantitative estimate of drug-likeness (QED) is 0.214. The van der Waals surface area contributed by atoms with Gasteiger partial charge in [-0.25, -0.2) is 0 Å². The summed E-state index contributed by atoms with van der Waals surface area (Å²) in [6.07, 6.45) is 4.43. The number of hydrogen-bond acceptors (Lipinski definition) is 6. The molecule has 0 aromatic heterocycles. The molecular weight excluding hydrogens is 500 g/mol. The molecule has 0 aliphatic carbocycles. The highest BCUT2D eigenvalue weighted by atomic mass is 16.5. The van der Waals surface area contributed by atoms with E-state index in [2.05, 4.69) is 21.7 Å². The van der Waals surface area contributed by atoms with Crippen molar-refractivity contribution in [2.75, 3.05) is 13.2 Å². The third kappa shape index (κ3) is 13.9. The molecule has 212 valence electrons. The molecule has 10 heteroatoms. The Bertz CT molecular complexity index is 1010. The average molecular weight is 541 g/mol. The lowest BCUT2D eigenvalue weighted by Gasteiger charge is -2.10. The first kappa shape index (κ1) is 31.1. The fraction of sp³-hybridized carbons (Fsp3) is 0.448. The van der Waals surface area contributed by atoms with Crippen LogP contribution < -0.4 is 31.2 Å². The zero-order chi connectivity index (χ0) is 28.6. The molecule has 0 saturated carbocycles.